The number of carbonyl (C=O) groups is 2. The van der Waals surface area contributed by atoms with Gasteiger partial charge in [0.15, 0.2) is 0 Å². The van der Waals surface area contributed by atoms with Crippen molar-refractivity contribution in [3.63, 3.8) is 0 Å². The van der Waals surface area contributed by atoms with E-state index in [1.165, 1.54) is 18.7 Å². The third-order valence-corrected chi connectivity index (χ3v) is 4.27. The summed E-state index contributed by atoms with van der Waals surface area (Å²) in [5.74, 6) is -1.19. The van der Waals surface area contributed by atoms with Crippen LogP contribution in [0.2, 0.25) is 0 Å². The predicted octanol–water partition coefficient (Wildman–Crippen LogP) is 0.537. The number of aromatic nitrogens is 2. The molecular formula is C12H15N3O4S. The molecule has 8 heteroatoms. The highest BCUT2D eigenvalue weighted by molar-refractivity contribution is 8.00. The molecule has 2 heterocycles. The first kappa shape index (κ1) is 14.6. The second-order valence-corrected chi connectivity index (χ2v) is 5.88. The summed E-state index contributed by atoms with van der Waals surface area (Å²) in [4.78, 5) is 40.3. The molecular weight excluding hydrogens is 282 g/mol. The molecule has 0 saturated carbocycles. The van der Waals surface area contributed by atoms with Crippen molar-refractivity contribution in [1.82, 2.24) is 15.3 Å². The molecule has 0 spiro atoms. The van der Waals surface area contributed by atoms with Crippen LogP contribution in [0.5, 0.6) is 0 Å². The van der Waals surface area contributed by atoms with Gasteiger partial charge in [-0.05, 0) is 19.8 Å². The molecule has 1 fully saturated rings. The van der Waals surface area contributed by atoms with Crippen LogP contribution in [0, 0.1) is 6.92 Å². The van der Waals surface area contributed by atoms with Gasteiger partial charge in [0.05, 0.1) is 0 Å². The molecule has 0 radical (unpaired) electrons. The number of aromatic carboxylic acids is 1. The zero-order valence-corrected chi connectivity index (χ0v) is 11.7. The van der Waals surface area contributed by atoms with Gasteiger partial charge in [-0.1, -0.05) is 0 Å². The second-order valence-electron chi connectivity index (χ2n) is 4.59. The number of H-pyrrole nitrogens is 1. The van der Waals surface area contributed by atoms with Gasteiger partial charge in [0.2, 0.25) is 5.91 Å². The van der Waals surface area contributed by atoms with Crippen molar-refractivity contribution in [3.05, 3.63) is 21.7 Å². The van der Waals surface area contributed by atoms with E-state index >= 15 is 0 Å². The number of hydrogen-bond donors (Lipinski definition) is 3. The quantitative estimate of drug-likeness (QED) is 0.702. The lowest BCUT2D eigenvalue weighted by molar-refractivity contribution is -0.120. The molecule has 1 aliphatic heterocycles. The standard InChI is InChI=1S/C12H15N3O4S/c1-6-9(11(17)18)10(15-12(19)14-6)20-7-3-2-4-13-8(16)5-7/h7H,2-5H2,1H3,(H,13,16)(H,17,18)(H,14,15,19). The minimum Gasteiger partial charge on any atom is -0.478 e. The maximum Gasteiger partial charge on any atom is 0.346 e. The van der Waals surface area contributed by atoms with E-state index in [1.807, 2.05) is 0 Å². The summed E-state index contributed by atoms with van der Waals surface area (Å²) in [6.45, 7) is 2.15. The first-order valence-corrected chi connectivity index (χ1v) is 7.13. The number of carboxylic acids is 1. The van der Waals surface area contributed by atoms with Crippen LogP contribution in [0.1, 0.15) is 35.3 Å². The lowest BCUT2D eigenvalue weighted by atomic mass is 10.2. The summed E-state index contributed by atoms with van der Waals surface area (Å²) < 4.78 is 0. The largest absolute Gasteiger partial charge is 0.478 e. The summed E-state index contributed by atoms with van der Waals surface area (Å²) in [6, 6.07) is 0. The maximum atomic E-state index is 11.5. The van der Waals surface area contributed by atoms with Crippen LogP contribution in [-0.2, 0) is 4.79 Å². The van der Waals surface area contributed by atoms with Crippen molar-refractivity contribution in [1.29, 1.82) is 0 Å². The monoisotopic (exact) mass is 297 g/mol. The highest BCUT2D eigenvalue weighted by atomic mass is 32.2. The molecule has 108 valence electrons. The Morgan fingerprint density at radius 1 is 1.45 bits per heavy atom. The van der Waals surface area contributed by atoms with Gasteiger partial charge < -0.3 is 15.4 Å². The van der Waals surface area contributed by atoms with Crippen LogP contribution in [0.25, 0.3) is 0 Å². The van der Waals surface area contributed by atoms with Crippen LogP contribution in [0.15, 0.2) is 9.82 Å². The molecule has 2 rings (SSSR count). The van der Waals surface area contributed by atoms with E-state index < -0.39 is 11.7 Å². The highest BCUT2D eigenvalue weighted by Crippen LogP contribution is 2.30. The summed E-state index contributed by atoms with van der Waals surface area (Å²) in [7, 11) is 0. The minimum atomic E-state index is -1.13. The van der Waals surface area contributed by atoms with Crippen molar-refractivity contribution < 1.29 is 14.7 Å². The third kappa shape index (κ3) is 3.38. The van der Waals surface area contributed by atoms with E-state index in [0.717, 1.165) is 12.8 Å². The van der Waals surface area contributed by atoms with Gasteiger partial charge in [0, 0.05) is 23.9 Å². The van der Waals surface area contributed by atoms with Crippen LogP contribution in [0.4, 0.5) is 0 Å². The van der Waals surface area contributed by atoms with Crippen LogP contribution < -0.4 is 11.0 Å². The summed E-state index contributed by atoms with van der Waals surface area (Å²) >= 11 is 1.19. The Kier molecular flexibility index (Phi) is 4.43. The number of carbonyl (C=O) groups excluding carboxylic acids is 1. The van der Waals surface area contributed by atoms with E-state index in [4.69, 9.17) is 0 Å². The molecule has 1 amide bonds. The Morgan fingerprint density at radius 2 is 2.20 bits per heavy atom. The SMILES string of the molecule is Cc1[nH]c(=O)nc(SC2CCCNC(=O)C2)c1C(=O)O. The number of nitrogens with zero attached hydrogens (tertiary/aromatic N) is 1. The van der Waals surface area contributed by atoms with E-state index in [2.05, 4.69) is 15.3 Å². The zero-order valence-electron chi connectivity index (χ0n) is 10.9. The average Bonchev–Trinajstić information content (AvgIpc) is 2.52. The first-order chi connectivity index (χ1) is 9.47. The Balaban J connectivity index is 2.30. The number of amides is 1. The van der Waals surface area contributed by atoms with Gasteiger partial charge in [0.25, 0.3) is 0 Å². The normalized spacial score (nSPS) is 19.2. The molecule has 1 aromatic rings. The van der Waals surface area contributed by atoms with Crippen LogP contribution >= 0.6 is 11.8 Å². The predicted molar refractivity (Wildman–Crippen MR) is 73.1 cm³/mol. The van der Waals surface area contributed by atoms with Crippen molar-refractivity contribution in [2.45, 2.75) is 36.5 Å². The zero-order chi connectivity index (χ0) is 14.7. The molecule has 1 saturated heterocycles. The molecule has 20 heavy (non-hydrogen) atoms. The van der Waals surface area contributed by atoms with E-state index in [1.54, 1.807) is 0 Å². The Labute approximate surface area is 119 Å². The van der Waals surface area contributed by atoms with Crippen LogP contribution in [0.3, 0.4) is 0 Å². The lowest BCUT2D eigenvalue weighted by Crippen LogP contribution is -2.23. The van der Waals surface area contributed by atoms with Gasteiger partial charge in [-0.25, -0.2) is 9.59 Å². The smallest absolute Gasteiger partial charge is 0.346 e. The van der Waals surface area contributed by atoms with E-state index in [-0.39, 0.29) is 27.4 Å². The minimum absolute atomic E-state index is 0.000690. The molecule has 0 aromatic carbocycles. The molecule has 0 bridgehead atoms. The van der Waals surface area contributed by atoms with Crippen molar-refractivity contribution in [2.24, 2.45) is 0 Å². The average molecular weight is 297 g/mol. The number of carboxylic acid groups (broad SMARTS) is 1. The van der Waals surface area contributed by atoms with Gasteiger partial charge in [-0.15, -0.1) is 11.8 Å². The maximum absolute atomic E-state index is 11.5. The Morgan fingerprint density at radius 3 is 2.90 bits per heavy atom. The summed E-state index contributed by atoms with van der Waals surface area (Å²) in [5, 5.41) is 12.1. The molecule has 3 N–H and O–H groups in total. The Hall–Kier alpha value is -1.83. The third-order valence-electron chi connectivity index (χ3n) is 3.02. The number of thioether (sulfide) groups is 1. The van der Waals surface area contributed by atoms with Crippen molar-refractivity contribution in [2.75, 3.05) is 6.54 Å². The van der Waals surface area contributed by atoms with E-state index in [0.29, 0.717) is 13.0 Å². The summed E-state index contributed by atoms with van der Waals surface area (Å²) in [6.07, 6.45) is 1.90. The highest BCUT2D eigenvalue weighted by Gasteiger charge is 2.23. The van der Waals surface area contributed by atoms with E-state index in [9.17, 15) is 19.5 Å². The fourth-order valence-electron chi connectivity index (χ4n) is 2.09. The van der Waals surface area contributed by atoms with Gasteiger partial charge in [-0.3, -0.25) is 4.79 Å². The molecule has 1 unspecified atom stereocenters. The number of aryl methyl sites for hydroxylation is 1. The lowest BCUT2D eigenvalue weighted by Gasteiger charge is -2.13. The number of aromatic amines is 1. The van der Waals surface area contributed by atoms with Gasteiger partial charge >= 0.3 is 11.7 Å². The molecule has 1 aromatic heterocycles. The topological polar surface area (TPSA) is 112 Å². The molecule has 1 atom stereocenters. The fourth-order valence-corrected chi connectivity index (χ4v) is 3.42. The fraction of sp³-hybridized carbons (Fsp3) is 0.500. The Bertz CT molecular complexity index is 599. The van der Waals surface area contributed by atoms with Crippen LogP contribution in [-0.4, -0.2) is 38.7 Å². The van der Waals surface area contributed by atoms with Gasteiger partial charge in [0.1, 0.15) is 10.6 Å². The van der Waals surface area contributed by atoms with Gasteiger partial charge in [-0.2, -0.15) is 4.98 Å². The van der Waals surface area contributed by atoms with Crippen molar-refractivity contribution >= 4 is 23.6 Å². The summed E-state index contributed by atoms with van der Waals surface area (Å²) in [5.41, 5.74) is -0.301. The number of nitrogens with one attached hydrogen (secondary N) is 2. The number of hydrogen-bond acceptors (Lipinski definition) is 5. The van der Waals surface area contributed by atoms with Crippen molar-refractivity contribution in [3.8, 4) is 0 Å². The number of rotatable bonds is 3. The molecule has 0 aliphatic carbocycles. The second kappa shape index (κ2) is 6.08. The molecule has 7 nitrogen and oxygen atoms in total. The first-order valence-electron chi connectivity index (χ1n) is 6.25. The molecule has 1 aliphatic rings.